The number of carbonyl (C=O) groups is 1. The molecule has 2 aromatic rings. The molecule has 160 valence electrons. The normalized spacial score (nSPS) is 16.4. The first-order valence-electron chi connectivity index (χ1n) is 8.63. The van der Waals surface area contributed by atoms with Crippen LogP contribution >= 0.6 is 27.3 Å². The average molecular weight is 515 g/mol. The van der Waals surface area contributed by atoms with Crippen molar-refractivity contribution in [1.29, 1.82) is 0 Å². The van der Waals surface area contributed by atoms with Crippen molar-refractivity contribution < 1.29 is 26.4 Å². The summed E-state index contributed by atoms with van der Waals surface area (Å²) >= 11 is 4.04. The summed E-state index contributed by atoms with van der Waals surface area (Å²) < 4.78 is 66.4. The van der Waals surface area contributed by atoms with Crippen LogP contribution in [0.2, 0.25) is 0 Å². The maximum Gasteiger partial charge on any atom is 0.436 e. The van der Waals surface area contributed by atoms with Crippen molar-refractivity contribution in [2.24, 2.45) is 0 Å². The summed E-state index contributed by atoms with van der Waals surface area (Å²) in [4.78, 5) is 14.0. The number of halogens is 4. The van der Waals surface area contributed by atoms with Crippen LogP contribution in [0.1, 0.15) is 17.8 Å². The van der Waals surface area contributed by atoms with Gasteiger partial charge in [-0.25, -0.2) is 8.42 Å². The summed E-state index contributed by atoms with van der Waals surface area (Å²) in [5, 5.41) is 5.25. The molecule has 1 aliphatic heterocycles. The van der Waals surface area contributed by atoms with E-state index in [1.807, 2.05) is 0 Å². The summed E-state index contributed by atoms with van der Waals surface area (Å²) in [6.45, 7) is 2.32. The van der Waals surface area contributed by atoms with Gasteiger partial charge in [-0.1, -0.05) is 6.07 Å². The molecule has 0 atom stereocenters. The second-order valence-electron chi connectivity index (χ2n) is 6.44. The van der Waals surface area contributed by atoms with Gasteiger partial charge in [0.2, 0.25) is 5.91 Å². The first-order chi connectivity index (χ1) is 13.5. The van der Waals surface area contributed by atoms with Gasteiger partial charge in [-0.05, 0) is 34.3 Å². The first kappa shape index (κ1) is 22.2. The number of amides is 1. The predicted molar refractivity (Wildman–Crippen MR) is 104 cm³/mol. The zero-order chi connectivity index (χ0) is 21.4. The minimum atomic E-state index is -4.58. The summed E-state index contributed by atoms with van der Waals surface area (Å²) in [5.41, 5.74) is -0.730. The first-order valence-corrected chi connectivity index (χ1v) is 11.7. The van der Waals surface area contributed by atoms with Gasteiger partial charge in [-0.3, -0.25) is 9.48 Å². The fourth-order valence-corrected chi connectivity index (χ4v) is 6.07. The smallest absolute Gasteiger partial charge is 0.340 e. The van der Waals surface area contributed by atoms with Crippen LogP contribution in [0, 0.1) is 6.92 Å². The summed E-state index contributed by atoms with van der Waals surface area (Å²) in [6, 6.07) is 3.20. The third-order valence-electron chi connectivity index (χ3n) is 4.62. The predicted octanol–water partition coefficient (Wildman–Crippen LogP) is 2.96. The van der Waals surface area contributed by atoms with Crippen LogP contribution in [-0.2, 0) is 27.5 Å². The molecule has 0 spiro atoms. The number of sulfonamides is 1. The molecule has 29 heavy (non-hydrogen) atoms. The van der Waals surface area contributed by atoms with Crippen molar-refractivity contribution in [3.63, 3.8) is 0 Å². The van der Waals surface area contributed by atoms with E-state index in [-0.39, 0.29) is 59.4 Å². The van der Waals surface area contributed by atoms with Gasteiger partial charge in [-0.15, -0.1) is 11.3 Å². The summed E-state index contributed by atoms with van der Waals surface area (Å²) in [5.74, 6) is -0.252. The van der Waals surface area contributed by atoms with Crippen LogP contribution in [0.4, 0.5) is 13.2 Å². The van der Waals surface area contributed by atoms with Crippen molar-refractivity contribution in [2.75, 3.05) is 26.2 Å². The highest BCUT2D eigenvalue weighted by molar-refractivity contribution is 9.10. The number of alkyl halides is 3. The van der Waals surface area contributed by atoms with Crippen molar-refractivity contribution in [3.05, 3.63) is 33.4 Å². The summed E-state index contributed by atoms with van der Waals surface area (Å²) in [7, 11) is -3.56. The number of hydrogen-bond donors (Lipinski definition) is 0. The fourth-order valence-electron chi connectivity index (χ4n) is 3.00. The van der Waals surface area contributed by atoms with E-state index in [9.17, 15) is 26.4 Å². The largest absolute Gasteiger partial charge is 0.436 e. The van der Waals surface area contributed by atoms with Crippen LogP contribution in [0.3, 0.4) is 0 Å². The Morgan fingerprint density at radius 3 is 2.45 bits per heavy atom. The van der Waals surface area contributed by atoms with Gasteiger partial charge >= 0.3 is 6.18 Å². The summed E-state index contributed by atoms with van der Waals surface area (Å²) in [6.07, 6.45) is -4.60. The number of aromatic nitrogens is 2. The van der Waals surface area contributed by atoms with Crippen LogP contribution in [0.15, 0.2) is 26.2 Å². The molecule has 1 fully saturated rings. The highest BCUT2D eigenvalue weighted by atomic mass is 79.9. The lowest BCUT2D eigenvalue weighted by Crippen LogP contribution is -2.50. The van der Waals surface area contributed by atoms with E-state index < -0.39 is 21.9 Å². The van der Waals surface area contributed by atoms with E-state index in [1.165, 1.54) is 22.2 Å². The molecule has 0 aliphatic carbocycles. The lowest BCUT2D eigenvalue weighted by atomic mass is 10.3. The second-order valence-corrected chi connectivity index (χ2v) is 10.3. The molecule has 0 N–H and O–H groups in total. The minimum Gasteiger partial charge on any atom is -0.340 e. The number of piperazine rings is 1. The van der Waals surface area contributed by atoms with Crippen LogP contribution < -0.4 is 0 Å². The van der Waals surface area contributed by atoms with Gasteiger partial charge < -0.3 is 4.90 Å². The molecule has 0 radical (unpaired) electrons. The lowest BCUT2D eigenvalue weighted by Gasteiger charge is -2.33. The van der Waals surface area contributed by atoms with E-state index in [4.69, 9.17) is 0 Å². The Morgan fingerprint density at radius 1 is 1.28 bits per heavy atom. The molecule has 0 unspecified atom stereocenters. The van der Waals surface area contributed by atoms with Crippen molar-refractivity contribution >= 4 is 43.2 Å². The van der Waals surface area contributed by atoms with Crippen molar-refractivity contribution in [1.82, 2.24) is 19.0 Å². The molecule has 2 aromatic heterocycles. The Kier molecular flexibility index (Phi) is 6.41. The molecule has 3 heterocycles. The van der Waals surface area contributed by atoms with Gasteiger partial charge in [0, 0.05) is 32.6 Å². The number of rotatable bonds is 5. The molecule has 1 saturated heterocycles. The molecule has 13 heteroatoms. The van der Waals surface area contributed by atoms with Crippen LogP contribution in [-0.4, -0.2) is 59.5 Å². The standard InChI is InChI=1S/C16H18BrF3N4O3S2/c1-11-14(17)15(16(18,19)20)21-24(11)5-4-12(25)22-6-8-23(9-7-22)29(26,27)13-3-2-10-28-13/h2-3,10H,4-9H2,1H3. The Morgan fingerprint density at radius 2 is 1.93 bits per heavy atom. The maximum atomic E-state index is 12.9. The Bertz CT molecular complexity index is 982. The zero-order valence-electron chi connectivity index (χ0n) is 15.3. The van der Waals surface area contributed by atoms with E-state index >= 15 is 0 Å². The highest BCUT2D eigenvalue weighted by Gasteiger charge is 2.38. The SMILES string of the molecule is Cc1c(Br)c(C(F)(F)F)nn1CCC(=O)N1CCN(S(=O)(=O)c2cccs2)CC1. The van der Waals surface area contributed by atoms with Gasteiger partial charge in [-0.2, -0.15) is 22.6 Å². The fraction of sp³-hybridized carbons (Fsp3) is 0.500. The molecule has 1 aliphatic rings. The lowest BCUT2D eigenvalue weighted by molar-refractivity contribution is -0.142. The quantitative estimate of drug-likeness (QED) is 0.614. The minimum absolute atomic E-state index is 0.00700. The number of hydrogen-bond acceptors (Lipinski definition) is 5. The van der Waals surface area contributed by atoms with Crippen molar-refractivity contribution in [3.8, 4) is 0 Å². The van der Waals surface area contributed by atoms with Gasteiger partial charge in [0.25, 0.3) is 10.0 Å². The Balaban J connectivity index is 1.57. The molecule has 1 amide bonds. The number of carbonyl (C=O) groups excluding carboxylic acids is 1. The topological polar surface area (TPSA) is 75.5 Å². The van der Waals surface area contributed by atoms with E-state index in [2.05, 4.69) is 21.0 Å². The average Bonchev–Trinajstić information content (AvgIpc) is 3.30. The highest BCUT2D eigenvalue weighted by Crippen LogP contribution is 2.35. The number of aryl methyl sites for hydroxylation is 1. The number of nitrogens with zero attached hydrogens (tertiary/aromatic N) is 4. The molecular formula is C16H18BrF3N4O3S2. The van der Waals surface area contributed by atoms with E-state index in [0.717, 1.165) is 16.0 Å². The molecule has 0 saturated carbocycles. The Labute approximate surface area is 178 Å². The number of thiophene rings is 1. The van der Waals surface area contributed by atoms with Crippen molar-refractivity contribution in [2.45, 2.75) is 30.3 Å². The molecule has 0 bridgehead atoms. The van der Waals surface area contributed by atoms with E-state index in [1.54, 1.807) is 11.4 Å². The van der Waals surface area contributed by atoms with E-state index in [0.29, 0.717) is 0 Å². The van der Waals surface area contributed by atoms with Gasteiger partial charge in [0.15, 0.2) is 5.69 Å². The Hall–Kier alpha value is -1.44. The molecule has 0 aromatic carbocycles. The second kappa shape index (κ2) is 8.36. The molecule has 7 nitrogen and oxygen atoms in total. The zero-order valence-corrected chi connectivity index (χ0v) is 18.5. The molecular weight excluding hydrogens is 497 g/mol. The monoisotopic (exact) mass is 514 g/mol. The third kappa shape index (κ3) is 4.67. The maximum absolute atomic E-state index is 12.9. The molecule has 3 rings (SSSR count). The third-order valence-corrected chi connectivity index (χ3v) is 8.84. The van der Waals surface area contributed by atoms with Crippen LogP contribution in [0.25, 0.3) is 0 Å². The van der Waals surface area contributed by atoms with Crippen LogP contribution in [0.5, 0.6) is 0 Å². The van der Waals surface area contributed by atoms with Gasteiger partial charge in [0.1, 0.15) is 4.21 Å². The van der Waals surface area contributed by atoms with Gasteiger partial charge in [0.05, 0.1) is 16.7 Å².